The number of amides is 1. The maximum Gasteiger partial charge on any atom is 0.269 e. The Labute approximate surface area is 180 Å². The van der Waals surface area contributed by atoms with E-state index in [2.05, 4.69) is 0 Å². The molecule has 160 valence electrons. The Morgan fingerprint density at radius 1 is 1.16 bits per heavy atom. The summed E-state index contributed by atoms with van der Waals surface area (Å²) < 4.78 is 6.35. The number of non-ortho nitro benzene ring substituents is 1. The average Bonchev–Trinajstić information content (AvgIpc) is 2.72. The summed E-state index contributed by atoms with van der Waals surface area (Å²) in [7, 11) is 0. The van der Waals surface area contributed by atoms with E-state index in [-0.39, 0.29) is 17.4 Å². The first-order valence-electron chi connectivity index (χ1n) is 10.3. The van der Waals surface area contributed by atoms with Crippen LogP contribution < -0.4 is 4.74 Å². The molecule has 2 aliphatic heterocycles. The second-order valence-electron chi connectivity index (χ2n) is 8.35. The van der Waals surface area contributed by atoms with Gasteiger partial charge in [-0.05, 0) is 54.8 Å². The first-order chi connectivity index (χ1) is 14.8. The fourth-order valence-corrected chi connectivity index (χ4v) is 4.41. The summed E-state index contributed by atoms with van der Waals surface area (Å²) in [5.74, 6) is 0.644. The molecule has 0 bridgehead atoms. The van der Waals surface area contributed by atoms with Crippen LogP contribution in [0.4, 0.5) is 5.69 Å². The monoisotopic (exact) mass is 420 g/mol. The number of rotatable bonds is 3. The number of piperidine rings is 1. The zero-order valence-electron chi connectivity index (χ0n) is 17.6. The van der Waals surface area contributed by atoms with Crippen LogP contribution in [0.1, 0.15) is 46.3 Å². The zero-order valence-corrected chi connectivity index (χ0v) is 17.6. The summed E-state index contributed by atoms with van der Waals surface area (Å²) in [5.41, 5.74) is 2.86. The first-order valence-corrected chi connectivity index (χ1v) is 10.3. The number of carbonyl (C=O) groups excluding carboxylic acids is 2. The minimum Gasteiger partial charge on any atom is -0.486 e. The van der Waals surface area contributed by atoms with Gasteiger partial charge in [0.05, 0.1) is 16.9 Å². The van der Waals surface area contributed by atoms with Crippen molar-refractivity contribution in [1.29, 1.82) is 0 Å². The second kappa shape index (κ2) is 7.98. The number of hydrogen-bond acceptors (Lipinski definition) is 5. The van der Waals surface area contributed by atoms with E-state index in [4.69, 9.17) is 4.74 Å². The van der Waals surface area contributed by atoms with Crippen molar-refractivity contribution < 1.29 is 19.2 Å². The maximum absolute atomic E-state index is 12.8. The quantitative estimate of drug-likeness (QED) is 0.421. The molecule has 0 radical (unpaired) electrons. The van der Waals surface area contributed by atoms with Gasteiger partial charge in [-0.15, -0.1) is 0 Å². The highest BCUT2D eigenvalue weighted by Crippen LogP contribution is 2.41. The van der Waals surface area contributed by atoms with Gasteiger partial charge >= 0.3 is 0 Å². The number of nitro groups is 1. The lowest BCUT2D eigenvalue weighted by Gasteiger charge is -2.44. The summed E-state index contributed by atoms with van der Waals surface area (Å²) in [6.07, 6.45) is 4.67. The number of fused-ring (bicyclic) bond motifs is 1. The molecule has 7 nitrogen and oxygen atoms in total. The number of aryl methyl sites for hydroxylation is 2. The number of nitrogens with zero attached hydrogens (tertiary/aromatic N) is 2. The van der Waals surface area contributed by atoms with Gasteiger partial charge in [-0.1, -0.05) is 6.07 Å². The molecule has 2 aromatic carbocycles. The summed E-state index contributed by atoms with van der Waals surface area (Å²) >= 11 is 0. The van der Waals surface area contributed by atoms with Gasteiger partial charge in [0.25, 0.3) is 5.69 Å². The Balaban J connectivity index is 1.40. The van der Waals surface area contributed by atoms with Crippen LogP contribution in [0.2, 0.25) is 0 Å². The highest BCUT2D eigenvalue weighted by molar-refractivity contribution is 6.02. The van der Waals surface area contributed by atoms with Crippen LogP contribution in [-0.4, -0.2) is 40.2 Å². The van der Waals surface area contributed by atoms with Crippen molar-refractivity contribution in [1.82, 2.24) is 4.90 Å². The van der Waals surface area contributed by atoms with E-state index in [0.717, 1.165) is 16.7 Å². The molecule has 0 aromatic heterocycles. The lowest BCUT2D eigenvalue weighted by molar-refractivity contribution is -0.384. The van der Waals surface area contributed by atoms with Gasteiger partial charge in [0.15, 0.2) is 5.78 Å². The lowest BCUT2D eigenvalue weighted by atomic mass is 9.81. The third-order valence-electron chi connectivity index (χ3n) is 6.04. The number of Topliss-reactive ketones (excluding diaryl/α,β-unsaturated/α-hetero) is 1. The number of carbonyl (C=O) groups is 2. The predicted octanol–water partition coefficient (Wildman–Crippen LogP) is 4.25. The fraction of sp³-hybridized carbons (Fsp3) is 0.333. The molecule has 2 heterocycles. The molecule has 1 fully saturated rings. The maximum atomic E-state index is 12.8. The number of benzene rings is 2. The number of nitro benzene ring substituents is 1. The molecule has 4 rings (SSSR count). The molecule has 0 atom stereocenters. The van der Waals surface area contributed by atoms with Crippen LogP contribution in [0.5, 0.6) is 5.75 Å². The topological polar surface area (TPSA) is 89.8 Å². The van der Waals surface area contributed by atoms with E-state index < -0.39 is 10.5 Å². The summed E-state index contributed by atoms with van der Waals surface area (Å²) in [5, 5.41) is 10.7. The fourth-order valence-electron chi connectivity index (χ4n) is 4.41. The number of ether oxygens (including phenoxy) is 1. The predicted molar refractivity (Wildman–Crippen MR) is 116 cm³/mol. The molecule has 7 heteroatoms. The van der Waals surface area contributed by atoms with E-state index in [1.54, 1.807) is 23.1 Å². The molecule has 0 aliphatic carbocycles. The molecule has 0 N–H and O–H groups in total. The van der Waals surface area contributed by atoms with Gasteiger partial charge < -0.3 is 9.64 Å². The second-order valence-corrected chi connectivity index (χ2v) is 8.35. The van der Waals surface area contributed by atoms with Gasteiger partial charge in [0, 0.05) is 44.1 Å². The lowest BCUT2D eigenvalue weighted by Crippen LogP contribution is -2.52. The summed E-state index contributed by atoms with van der Waals surface area (Å²) in [6, 6.07) is 9.95. The van der Waals surface area contributed by atoms with Crippen molar-refractivity contribution in [3.05, 3.63) is 74.8 Å². The van der Waals surface area contributed by atoms with Crippen LogP contribution in [0, 0.1) is 24.0 Å². The average molecular weight is 420 g/mol. The van der Waals surface area contributed by atoms with Gasteiger partial charge in [-0.3, -0.25) is 19.7 Å². The largest absolute Gasteiger partial charge is 0.486 e. The zero-order chi connectivity index (χ0) is 22.2. The molecule has 0 saturated carbocycles. The van der Waals surface area contributed by atoms with E-state index in [1.807, 2.05) is 26.0 Å². The standard InChI is InChI=1S/C24H24N2O5/c1-16-13-17(2)23-20(27)15-24(31-21(23)14-16)9-11-25(12-10-24)22(28)8-5-18-3-6-19(7-4-18)26(29)30/h3-8,13-14H,9-12,15H2,1-2H3/b8-5+. The molecule has 1 amide bonds. The van der Waals surface area contributed by atoms with Gasteiger partial charge in [-0.25, -0.2) is 0 Å². The molecule has 1 spiro atoms. The van der Waals surface area contributed by atoms with Crippen molar-refractivity contribution in [2.24, 2.45) is 0 Å². The summed E-state index contributed by atoms with van der Waals surface area (Å²) in [4.78, 5) is 37.4. The Morgan fingerprint density at radius 3 is 2.48 bits per heavy atom. The third kappa shape index (κ3) is 4.21. The number of hydrogen-bond donors (Lipinski definition) is 0. The molecule has 2 aromatic rings. The van der Waals surface area contributed by atoms with Crippen molar-refractivity contribution >= 4 is 23.5 Å². The highest BCUT2D eigenvalue weighted by Gasteiger charge is 2.43. The van der Waals surface area contributed by atoms with Crippen LogP contribution in [0.15, 0.2) is 42.5 Å². The Bertz CT molecular complexity index is 1080. The van der Waals surface area contributed by atoms with Gasteiger partial charge in [-0.2, -0.15) is 0 Å². The van der Waals surface area contributed by atoms with Crippen molar-refractivity contribution in [3.63, 3.8) is 0 Å². The molecule has 2 aliphatic rings. The Morgan fingerprint density at radius 2 is 1.84 bits per heavy atom. The van der Waals surface area contributed by atoms with Gasteiger partial charge in [0.1, 0.15) is 11.4 Å². The molecular formula is C24H24N2O5. The summed E-state index contributed by atoms with van der Waals surface area (Å²) in [6.45, 7) is 4.94. The SMILES string of the molecule is Cc1cc(C)c2c(c1)OC1(CCN(C(=O)/C=C/c3ccc([N+](=O)[O-])cc3)CC1)CC2=O. The minimum absolute atomic E-state index is 0.0128. The van der Waals surface area contributed by atoms with Crippen LogP contribution in [-0.2, 0) is 4.79 Å². The normalized spacial score (nSPS) is 17.5. The third-order valence-corrected chi connectivity index (χ3v) is 6.04. The van der Waals surface area contributed by atoms with Crippen molar-refractivity contribution in [2.45, 2.75) is 38.7 Å². The van der Waals surface area contributed by atoms with Crippen LogP contribution in [0.25, 0.3) is 6.08 Å². The van der Waals surface area contributed by atoms with Crippen LogP contribution >= 0.6 is 0 Å². The number of ketones is 1. The van der Waals surface area contributed by atoms with E-state index in [1.165, 1.54) is 18.2 Å². The van der Waals surface area contributed by atoms with E-state index in [9.17, 15) is 19.7 Å². The molecule has 1 saturated heterocycles. The Kier molecular flexibility index (Phi) is 5.35. The molecule has 0 unspecified atom stereocenters. The minimum atomic E-state index is -0.552. The molecule has 31 heavy (non-hydrogen) atoms. The first kappa shape index (κ1) is 20.8. The van der Waals surface area contributed by atoms with E-state index >= 15 is 0 Å². The molecular weight excluding hydrogens is 396 g/mol. The smallest absolute Gasteiger partial charge is 0.269 e. The highest BCUT2D eigenvalue weighted by atomic mass is 16.6. The number of likely N-dealkylation sites (tertiary alicyclic amines) is 1. The van der Waals surface area contributed by atoms with Crippen molar-refractivity contribution in [2.75, 3.05) is 13.1 Å². The van der Waals surface area contributed by atoms with E-state index in [0.29, 0.717) is 43.7 Å². The van der Waals surface area contributed by atoms with Crippen molar-refractivity contribution in [3.8, 4) is 5.75 Å². The van der Waals surface area contributed by atoms with Gasteiger partial charge in [0.2, 0.25) is 5.91 Å². The van der Waals surface area contributed by atoms with Crippen LogP contribution in [0.3, 0.4) is 0 Å². The Hall–Kier alpha value is -3.48.